The summed E-state index contributed by atoms with van der Waals surface area (Å²) in [5.41, 5.74) is 5.80. The highest BCUT2D eigenvalue weighted by molar-refractivity contribution is 6.10. The Bertz CT molecular complexity index is 1240. The summed E-state index contributed by atoms with van der Waals surface area (Å²) in [5, 5.41) is 6.92. The van der Waals surface area contributed by atoms with E-state index in [0.29, 0.717) is 12.0 Å². The van der Waals surface area contributed by atoms with Gasteiger partial charge < -0.3 is 15.8 Å². The van der Waals surface area contributed by atoms with E-state index in [-0.39, 0.29) is 46.8 Å². The van der Waals surface area contributed by atoms with E-state index in [9.17, 15) is 22.8 Å². The average molecular weight is 473 g/mol. The third-order valence-electron chi connectivity index (χ3n) is 5.77. The predicted molar refractivity (Wildman–Crippen MR) is 117 cm³/mol. The highest BCUT2D eigenvalue weighted by atomic mass is 19.4. The van der Waals surface area contributed by atoms with Crippen LogP contribution in [-0.2, 0) is 17.5 Å². The Labute approximate surface area is 192 Å². The number of ketones is 1. The highest BCUT2D eigenvalue weighted by Crippen LogP contribution is 2.40. The summed E-state index contributed by atoms with van der Waals surface area (Å²) >= 11 is 0. The first-order valence-corrected chi connectivity index (χ1v) is 10.4. The minimum absolute atomic E-state index is 0.0450. The molecule has 0 spiro atoms. The summed E-state index contributed by atoms with van der Waals surface area (Å²) in [5.74, 6) is -1.28. The van der Waals surface area contributed by atoms with Crippen LogP contribution < -0.4 is 11.1 Å². The molecule has 1 aliphatic rings. The zero-order chi connectivity index (χ0) is 24.6. The highest BCUT2D eigenvalue weighted by Gasteiger charge is 2.38. The molecule has 8 nitrogen and oxygen atoms in total. The van der Waals surface area contributed by atoms with Gasteiger partial charge in [-0.1, -0.05) is 12.1 Å². The Hall–Kier alpha value is -3.73. The van der Waals surface area contributed by atoms with Crippen LogP contribution in [0.25, 0.3) is 0 Å². The number of anilines is 2. The lowest BCUT2D eigenvalue weighted by atomic mass is 9.83. The number of carbonyl (C=O) groups is 2. The largest absolute Gasteiger partial charge is 0.416 e. The van der Waals surface area contributed by atoms with Gasteiger partial charge in [0, 0.05) is 13.3 Å². The van der Waals surface area contributed by atoms with Gasteiger partial charge in [-0.05, 0) is 42.7 Å². The van der Waals surface area contributed by atoms with Gasteiger partial charge in [0.1, 0.15) is 11.5 Å². The van der Waals surface area contributed by atoms with Crippen LogP contribution in [0.15, 0.2) is 42.7 Å². The Morgan fingerprint density at radius 1 is 1.26 bits per heavy atom. The van der Waals surface area contributed by atoms with Crippen molar-refractivity contribution in [2.24, 2.45) is 0 Å². The minimum atomic E-state index is -4.54. The maximum atomic E-state index is 13.5. The van der Waals surface area contributed by atoms with Crippen molar-refractivity contribution in [3.8, 4) is 0 Å². The number of ether oxygens (including phenoxy) is 1. The average Bonchev–Trinajstić information content (AvgIpc) is 3.20. The van der Waals surface area contributed by atoms with Gasteiger partial charge in [-0.2, -0.15) is 18.3 Å². The molecule has 0 aliphatic carbocycles. The summed E-state index contributed by atoms with van der Waals surface area (Å²) in [4.78, 5) is 30.0. The lowest BCUT2D eigenvalue weighted by molar-refractivity contribution is -0.138. The van der Waals surface area contributed by atoms with Crippen LogP contribution in [0.4, 0.5) is 24.7 Å². The SMILES string of the molecule is COCc1cc(C2C[C@H](C)n3ncc(NC(=O)c4ccc(N)nc4)c3C2=O)ccc1C(F)(F)F. The van der Waals surface area contributed by atoms with E-state index >= 15 is 0 Å². The molecule has 34 heavy (non-hydrogen) atoms. The monoisotopic (exact) mass is 473 g/mol. The van der Waals surface area contributed by atoms with Crippen molar-refractivity contribution in [2.45, 2.75) is 38.1 Å². The zero-order valence-electron chi connectivity index (χ0n) is 18.4. The number of halogens is 3. The van der Waals surface area contributed by atoms with Crippen LogP contribution >= 0.6 is 0 Å². The number of rotatable bonds is 5. The molecule has 1 unspecified atom stereocenters. The van der Waals surface area contributed by atoms with Crippen LogP contribution in [0.2, 0.25) is 0 Å². The molecule has 4 rings (SSSR count). The normalized spacial score (nSPS) is 18.0. The van der Waals surface area contributed by atoms with Gasteiger partial charge in [0.05, 0.1) is 41.6 Å². The molecule has 178 valence electrons. The number of hydrogen-bond acceptors (Lipinski definition) is 6. The molecular weight excluding hydrogens is 451 g/mol. The number of pyridine rings is 1. The molecule has 0 saturated carbocycles. The second-order valence-corrected chi connectivity index (χ2v) is 8.13. The summed E-state index contributed by atoms with van der Waals surface area (Å²) in [6, 6.07) is 6.42. The maximum absolute atomic E-state index is 13.5. The Morgan fingerprint density at radius 2 is 2.03 bits per heavy atom. The van der Waals surface area contributed by atoms with Crippen molar-refractivity contribution in [1.82, 2.24) is 14.8 Å². The second-order valence-electron chi connectivity index (χ2n) is 8.13. The van der Waals surface area contributed by atoms with E-state index in [1.807, 2.05) is 6.92 Å². The number of benzene rings is 1. The third kappa shape index (κ3) is 4.38. The van der Waals surface area contributed by atoms with Crippen molar-refractivity contribution in [2.75, 3.05) is 18.2 Å². The fourth-order valence-electron chi connectivity index (χ4n) is 4.15. The first kappa shape index (κ1) is 23.4. The van der Waals surface area contributed by atoms with Gasteiger partial charge in [-0.3, -0.25) is 14.3 Å². The topological polar surface area (TPSA) is 112 Å². The van der Waals surface area contributed by atoms with Gasteiger partial charge in [0.25, 0.3) is 5.91 Å². The quantitative estimate of drug-likeness (QED) is 0.574. The molecule has 11 heteroatoms. The van der Waals surface area contributed by atoms with Gasteiger partial charge in [-0.25, -0.2) is 4.98 Å². The number of nitrogens with zero attached hydrogens (tertiary/aromatic N) is 3. The smallest absolute Gasteiger partial charge is 0.384 e. The summed E-state index contributed by atoms with van der Waals surface area (Å²) in [6.45, 7) is 1.61. The number of nitrogens with one attached hydrogen (secondary N) is 1. The van der Waals surface area contributed by atoms with Gasteiger partial charge in [-0.15, -0.1) is 0 Å². The predicted octanol–water partition coefficient (Wildman–Crippen LogP) is 4.21. The van der Waals surface area contributed by atoms with Crippen LogP contribution in [0, 0.1) is 0 Å². The van der Waals surface area contributed by atoms with Crippen LogP contribution in [0.3, 0.4) is 0 Å². The number of aromatic nitrogens is 3. The van der Waals surface area contributed by atoms with E-state index in [1.54, 1.807) is 0 Å². The first-order valence-electron chi connectivity index (χ1n) is 10.4. The van der Waals surface area contributed by atoms with Gasteiger partial charge in [0.15, 0.2) is 5.78 Å². The van der Waals surface area contributed by atoms with E-state index in [2.05, 4.69) is 15.4 Å². The van der Waals surface area contributed by atoms with E-state index < -0.39 is 23.6 Å². The lowest BCUT2D eigenvalue weighted by Crippen LogP contribution is -2.29. The molecule has 3 aromatic rings. The standard InChI is InChI=1S/C23H22F3N5O3/c1-12-7-16(13-3-5-17(23(24,25)26)15(8-13)11-34-2)21(32)20-18(10-29-31(12)20)30-22(33)14-4-6-19(27)28-9-14/h3-6,8-10,12,16H,7,11H2,1-2H3,(H2,27,28)(H,30,33)/t12-,16?/m0/s1. The molecule has 1 amide bonds. The van der Waals surface area contributed by atoms with Crippen molar-refractivity contribution in [3.63, 3.8) is 0 Å². The molecule has 2 aromatic heterocycles. The van der Waals surface area contributed by atoms with E-state index in [0.717, 1.165) is 6.07 Å². The van der Waals surface area contributed by atoms with Crippen LogP contribution in [0.1, 0.15) is 62.8 Å². The van der Waals surface area contributed by atoms with Crippen molar-refractivity contribution >= 4 is 23.2 Å². The van der Waals surface area contributed by atoms with Crippen molar-refractivity contribution < 1.29 is 27.5 Å². The molecule has 0 fully saturated rings. The second kappa shape index (κ2) is 8.90. The van der Waals surface area contributed by atoms with Crippen molar-refractivity contribution in [1.29, 1.82) is 0 Å². The maximum Gasteiger partial charge on any atom is 0.416 e. The van der Waals surface area contributed by atoms with Gasteiger partial charge >= 0.3 is 6.18 Å². The molecular formula is C23H22F3N5O3. The number of alkyl halides is 3. The first-order chi connectivity index (χ1) is 16.1. The number of hydrogen-bond donors (Lipinski definition) is 2. The summed E-state index contributed by atoms with van der Waals surface area (Å²) in [7, 11) is 1.31. The Balaban J connectivity index is 1.67. The molecule has 3 heterocycles. The van der Waals surface area contributed by atoms with Gasteiger partial charge in [0.2, 0.25) is 0 Å². The fraction of sp³-hybridized carbons (Fsp3) is 0.304. The number of carbonyl (C=O) groups excluding carboxylic acids is 2. The van der Waals surface area contributed by atoms with E-state index in [4.69, 9.17) is 10.5 Å². The third-order valence-corrected chi connectivity index (χ3v) is 5.77. The number of Topliss-reactive ketones (excluding diaryl/α,β-unsaturated/α-hetero) is 1. The molecule has 0 bridgehead atoms. The minimum Gasteiger partial charge on any atom is -0.384 e. The van der Waals surface area contributed by atoms with Crippen LogP contribution in [0.5, 0.6) is 0 Å². The number of fused-ring (bicyclic) bond motifs is 1. The summed E-state index contributed by atoms with van der Waals surface area (Å²) < 4.78 is 46.6. The molecule has 0 saturated heterocycles. The van der Waals surface area contributed by atoms with E-state index in [1.165, 1.54) is 48.5 Å². The number of nitrogen functional groups attached to an aromatic ring is 1. The Morgan fingerprint density at radius 3 is 2.68 bits per heavy atom. The Kier molecular flexibility index (Phi) is 6.13. The fourth-order valence-corrected chi connectivity index (χ4v) is 4.15. The van der Waals surface area contributed by atoms with Crippen LogP contribution in [-0.4, -0.2) is 33.6 Å². The molecule has 1 aliphatic heterocycles. The number of methoxy groups -OCH3 is 1. The number of nitrogens with two attached hydrogens (primary N) is 1. The lowest BCUT2D eigenvalue weighted by Gasteiger charge is -2.29. The molecule has 3 N–H and O–H groups in total. The molecule has 0 radical (unpaired) electrons. The molecule has 2 atom stereocenters. The zero-order valence-corrected chi connectivity index (χ0v) is 18.4. The van der Waals surface area contributed by atoms with Crippen molar-refractivity contribution in [3.05, 3.63) is 70.7 Å². The molecule has 1 aromatic carbocycles. The summed E-state index contributed by atoms with van der Waals surface area (Å²) in [6.07, 6.45) is -1.49. The number of amides is 1.